The van der Waals surface area contributed by atoms with Crippen LogP contribution in [-0.2, 0) is 0 Å². The van der Waals surface area contributed by atoms with E-state index in [2.05, 4.69) is 9.97 Å². The number of amides is 1. The Balaban J connectivity index is 1.80. The number of rotatable bonds is 2. The molecular weight excluding hydrogens is 375 g/mol. The zero-order chi connectivity index (χ0) is 18.8. The number of carbonyl (C=O) groups is 1. The van der Waals surface area contributed by atoms with Crippen LogP contribution in [0, 0.1) is 10.8 Å². The first-order valence-electron chi connectivity index (χ1n) is 7.85. The number of hydrogen-bond donors (Lipinski definition) is 2. The molecule has 1 fully saturated rings. The fourth-order valence-electron chi connectivity index (χ4n) is 2.76. The molecule has 0 radical (unpaired) electrons. The molecule has 2 heterocycles. The van der Waals surface area contributed by atoms with Gasteiger partial charge in [0.1, 0.15) is 11.5 Å². The zero-order valence-corrected chi connectivity index (χ0v) is 15.4. The van der Waals surface area contributed by atoms with Crippen molar-refractivity contribution in [1.29, 1.82) is 10.8 Å². The van der Waals surface area contributed by atoms with Crippen LogP contribution in [0.2, 0.25) is 10.0 Å². The van der Waals surface area contributed by atoms with Gasteiger partial charge in [0, 0.05) is 25.0 Å². The second-order valence-corrected chi connectivity index (χ2v) is 6.67. The molecule has 1 saturated heterocycles. The second kappa shape index (κ2) is 7.39. The standard InChI is InChI=1S/C17H16Cl2N6O/c1-10-8-25(16(21)13-7-22-5-6-23-13)14(20)9-24(10)17(26)11-3-2-4-12(18)15(11)19/h2-7,10,20-21H,8-9H2,1H3. The van der Waals surface area contributed by atoms with E-state index in [1.54, 1.807) is 23.1 Å². The highest BCUT2D eigenvalue weighted by atomic mass is 35.5. The molecule has 9 heteroatoms. The van der Waals surface area contributed by atoms with Crippen LogP contribution >= 0.6 is 23.2 Å². The summed E-state index contributed by atoms with van der Waals surface area (Å²) in [6.07, 6.45) is 4.50. The fraction of sp³-hybridized carbons (Fsp3) is 0.235. The van der Waals surface area contributed by atoms with Gasteiger partial charge in [-0.25, -0.2) is 4.98 Å². The average molecular weight is 391 g/mol. The van der Waals surface area contributed by atoms with E-state index in [0.717, 1.165) is 0 Å². The Morgan fingerprint density at radius 2 is 2.08 bits per heavy atom. The van der Waals surface area contributed by atoms with Gasteiger partial charge in [0.25, 0.3) is 5.91 Å². The van der Waals surface area contributed by atoms with Crippen LogP contribution < -0.4 is 0 Å². The first-order valence-corrected chi connectivity index (χ1v) is 8.60. The topological polar surface area (TPSA) is 97.0 Å². The van der Waals surface area contributed by atoms with Gasteiger partial charge in [0.05, 0.1) is 28.4 Å². The summed E-state index contributed by atoms with van der Waals surface area (Å²) in [6.45, 7) is 2.23. The van der Waals surface area contributed by atoms with Gasteiger partial charge in [-0.2, -0.15) is 0 Å². The van der Waals surface area contributed by atoms with Crippen LogP contribution in [-0.4, -0.2) is 56.5 Å². The molecule has 1 aromatic heterocycles. The van der Waals surface area contributed by atoms with E-state index >= 15 is 0 Å². The van der Waals surface area contributed by atoms with Crippen molar-refractivity contribution >= 4 is 40.8 Å². The molecular formula is C17H16Cl2N6O. The number of amidine groups is 2. The number of piperazine rings is 1. The van der Waals surface area contributed by atoms with Crippen LogP contribution in [0.15, 0.2) is 36.8 Å². The zero-order valence-electron chi connectivity index (χ0n) is 13.9. The average Bonchev–Trinajstić information content (AvgIpc) is 2.65. The molecule has 1 atom stereocenters. The van der Waals surface area contributed by atoms with E-state index in [0.29, 0.717) is 22.8 Å². The van der Waals surface area contributed by atoms with Gasteiger partial charge in [-0.3, -0.25) is 20.6 Å². The summed E-state index contributed by atoms with van der Waals surface area (Å²) >= 11 is 12.2. The lowest BCUT2D eigenvalue weighted by atomic mass is 10.1. The first kappa shape index (κ1) is 18.3. The van der Waals surface area contributed by atoms with Crippen molar-refractivity contribution in [3.8, 4) is 0 Å². The van der Waals surface area contributed by atoms with Gasteiger partial charge in [0.2, 0.25) is 0 Å². The van der Waals surface area contributed by atoms with E-state index in [1.165, 1.54) is 23.5 Å². The Kier molecular flexibility index (Phi) is 5.20. The van der Waals surface area contributed by atoms with Crippen LogP contribution in [0.1, 0.15) is 23.0 Å². The Morgan fingerprint density at radius 1 is 1.31 bits per heavy atom. The Hall–Kier alpha value is -2.51. The number of hydrogen-bond acceptors (Lipinski definition) is 5. The first-order chi connectivity index (χ1) is 12.4. The predicted molar refractivity (Wildman–Crippen MR) is 100 cm³/mol. The largest absolute Gasteiger partial charge is 0.327 e. The SMILES string of the molecule is CC1CN(C(=N)c2cnccn2)C(=N)CN1C(=O)c1cccc(Cl)c1Cl. The fourth-order valence-corrected chi connectivity index (χ4v) is 3.14. The number of aromatic nitrogens is 2. The van der Waals surface area contributed by atoms with Crippen molar-refractivity contribution in [1.82, 2.24) is 19.8 Å². The number of halogens is 2. The third-order valence-electron chi connectivity index (χ3n) is 4.14. The molecule has 1 aromatic carbocycles. The molecule has 1 amide bonds. The van der Waals surface area contributed by atoms with Crippen molar-refractivity contribution in [3.63, 3.8) is 0 Å². The lowest BCUT2D eigenvalue weighted by Crippen LogP contribution is -2.58. The molecule has 2 N–H and O–H groups in total. The molecule has 1 aliphatic rings. The summed E-state index contributed by atoms with van der Waals surface area (Å²) in [5.74, 6) is -0.0754. The Bertz CT molecular complexity index is 873. The van der Waals surface area contributed by atoms with Crippen molar-refractivity contribution in [2.45, 2.75) is 13.0 Å². The van der Waals surface area contributed by atoms with Gasteiger partial charge >= 0.3 is 0 Å². The van der Waals surface area contributed by atoms with Gasteiger partial charge in [0.15, 0.2) is 5.84 Å². The van der Waals surface area contributed by atoms with Gasteiger partial charge in [-0.1, -0.05) is 29.3 Å². The maximum absolute atomic E-state index is 12.9. The molecule has 1 aliphatic heterocycles. The van der Waals surface area contributed by atoms with Gasteiger partial charge in [-0.15, -0.1) is 0 Å². The minimum atomic E-state index is -0.291. The molecule has 0 bridgehead atoms. The molecule has 3 rings (SSSR count). The maximum atomic E-state index is 12.9. The summed E-state index contributed by atoms with van der Waals surface area (Å²) in [5.41, 5.74) is 0.679. The summed E-state index contributed by atoms with van der Waals surface area (Å²) in [7, 11) is 0. The molecule has 26 heavy (non-hydrogen) atoms. The summed E-state index contributed by atoms with van der Waals surface area (Å²) in [6, 6.07) is 4.66. The van der Waals surface area contributed by atoms with Crippen molar-refractivity contribution < 1.29 is 4.79 Å². The summed E-state index contributed by atoms with van der Waals surface area (Å²) in [4.78, 5) is 24.0. The third-order valence-corrected chi connectivity index (χ3v) is 4.96. The molecule has 1 unspecified atom stereocenters. The Morgan fingerprint density at radius 3 is 2.77 bits per heavy atom. The number of nitrogens with zero attached hydrogens (tertiary/aromatic N) is 4. The number of carbonyl (C=O) groups excluding carboxylic acids is 1. The van der Waals surface area contributed by atoms with Crippen LogP contribution in [0.4, 0.5) is 0 Å². The van der Waals surface area contributed by atoms with Crippen molar-refractivity contribution in [2.24, 2.45) is 0 Å². The molecule has 2 aromatic rings. The smallest absolute Gasteiger partial charge is 0.256 e. The molecule has 0 saturated carbocycles. The highest BCUT2D eigenvalue weighted by Crippen LogP contribution is 2.27. The van der Waals surface area contributed by atoms with Crippen molar-refractivity contribution in [3.05, 3.63) is 58.1 Å². The molecule has 0 spiro atoms. The van der Waals surface area contributed by atoms with Crippen LogP contribution in [0.5, 0.6) is 0 Å². The van der Waals surface area contributed by atoms with Gasteiger partial charge < -0.3 is 9.80 Å². The number of nitrogens with one attached hydrogen (secondary N) is 2. The van der Waals surface area contributed by atoms with Crippen LogP contribution in [0.3, 0.4) is 0 Å². The molecule has 0 aliphatic carbocycles. The molecule has 134 valence electrons. The predicted octanol–water partition coefficient (Wildman–Crippen LogP) is 2.93. The van der Waals surface area contributed by atoms with Crippen LogP contribution in [0.25, 0.3) is 0 Å². The second-order valence-electron chi connectivity index (χ2n) is 5.88. The maximum Gasteiger partial charge on any atom is 0.256 e. The minimum absolute atomic E-state index is 0.0610. The number of benzene rings is 1. The van der Waals surface area contributed by atoms with E-state index < -0.39 is 0 Å². The highest BCUT2D eigenvalue weighted by molar-refractivity contribution is 6.43. The highest BCUT2D eigenvalue weighted by Gasteiger charge is 2.34. The van der Waals surface area contributed by atoms with E-state index in [1.807, 2.05) is 6.92 Å². The van der Waals surface area contributed by atoms with E-state index in [9.17, 15) is 4.79 Å². The quantitative estimate of drug-likeness (QED) is 0.608. The lowest BCUT2D eigenvalue weighted by Gasteiger charge is -2.41. The summed E-state index contributed by atoms with van der Waals surface area (Å²) in [5, 5.41) is 17.1. The van der Waals surface area contributed by atoms with Gasteiger partial charge in [-0.05, 0) is 19.1 Å². The normalized spacial score (nSPS) is 17.3. The summed E-state index contributed by atoms with van der Waals surface area (Å²) < 4.78 is 0. The minimum Gasteiger partial charge on any atom is -0.327 e. The monoisotopic (exact) mass is 390 g/mol. The lowest BCUT2D eigenvalue weighted by molar-refractivity contribution is 0.0683. The van der Waals surface area contributed by atoms with Crippen molar-refractivity contribution in [2.75, 3.05) is 13.1 Å². The Labute approximate surface area is 160 Å². The molecule has 7 nitrogen and oxygen atoms in total. The third kappa shape index (κ3) is 3.40. The van der Waals surface area contributed by atoms with E-state index in [4.69, 9.17) is 34.0 Å². The van der Waals surface area contributed by atoms with E-state index in [-0.39, 0.29) is 35.2 Å².